The third kappa shape index (κ3) is 3.48. The molecular weight excluding hydrogens is 290 g/mol. The number of hydrogen-bond acceptors (Lipinski definition) is 4. The monoisotopic (exact) mass is 319 g/mol. The lowest BCUT2D eigenvalue weighted by atomic mass is 9.76. The fourth-order valence-corrected chi connectivity index (χ4v) is 4.33. The van der Waals surface area contributed by atoms with Crippen molar-refractivity contribution in [1.82, 2.24) is 4.90 Å². The van der Waals surface area contributed by atoms with Crippen LogP contribution < -0.4 is 9.47 Å². The van der Waals surface area contributed by atoms with Crippen LogP contribution in [0.25, 0.3) is 0 Å². The van der Waals surface area contributed by atoms with E-state index < -0.39 is 0 Å². The van der Waals surface area contributed by atoms with Gasteiger partial charge in [-0.3, -0.25) is 4.90 Å². The molecule has 2 aliphatic rings. The van der Waals surface area contributed by atoms with Crippen molar-refractivity contribution in [1.29, 1.82) is 0 Å². The van der Waals surface area contributed by atoms with Gasteiger partial charge < -0.3 is 14.6 Å². The van der Waals surface area contributed by atoms with Crippen molar-refractivity contribution in [2.75, 3.05) is 26.8 Å². The van der Waals surface area contributed by atoms with Gasteiger partial charge in [0.05, 0.1) is 19.8 Å². The predicted molar refractivity (Wildman–Crippen MR) is 91.0 cm³/mol. The van der Waals surface area contributed by atoms with Gasteiger partial charge in [0.25, 0.3) is 0 Å². The summed E-state index contributed by atoms with van der Waals surface area (Å²) in [5.41, 5.74) is 1.39. The van der Waals surface area contributed by atoms with Crippen molar-refractivity contribution >= 4 is 0 Å². The summed E-state index contributed by atoms with van der Waals surface area (Å²) in [6.07, 6.45) is 5.58. The zero-order valence-electron chi connectivity index (χ0n) is 14.4. The molecule has 1 saturated heterocycles. The molecule has 1 aromatic rings. The van der Waals surface area contributed by atoms with E-state index in [1.165, 1.54) is 31.2 Å². The summed E-state index contributed by atoms with van der Waals surface area (Å²) < 4.78 is 11.0. The molecule has 4 heteroatoms. The van der Waals surface area contributed by atoms with Crippen LogP contribution in [0.5, 0.6) is 11.5 Å². The molecule has 1 heterocycles. The van der Waals surface area contributed by atoms with Crippen LogP contribution in [0.3, 0.4) is 0 Å². The third-order valence-electron chi connectivity index (χ3n) is 5.48. The molecule has 1 N–H and O–H groups in total. The van der Waals surface area contributed by atoms with Crippen LogP contribution in [-0.2, 0) is 6.54 Å². The Morgan fingerprint density at radius 2 is 2.09 bits per heavy atom. The van der Waals surface area contributed by atoms with Crippen LogP contribution >= 0.6 is 0 Å². The molecule has 128 valence electrons. The lowest BCUT2D eigenvalue weighted by molar-refractivity contribution is -0.0120. The van der Waals surface area contributed by atoms with E-state index in [0.29, 0.717) is 6.61 Å². The fraction of sp³-hybridized carbons (Fsp3) is 0.684. The second kappa shape index (κ2) is 7.10. The van der Waals surface area contributed by atoms with Crippen LogP contribution in [0.15, 0.2) is 18.2 Å². The van der Waals surface area contributed by atoms with E-state index in [1.54, 1.807) is 7.11 Å². The van der Waals surface area contributed by atoms with Crippen molar-refractivity contribution in [2.24, 2.45) is 5.41 Å². The number of nitrogens with zero attached hydrogens (tertiary/aromatic N) is 1. The normalized spacial score (nSPS) is 28.2. The van der Waals surface area contributed by atoms with E-state index in [9.17, 15) is 5.11 Å². The zero-order valence-corrected chi connectivity index (χ0v) is 14.4. The molecule has 0 bridgehead atoms. The summed E-state index contributed by atoms with van der Waals surface area (Å²) in [6, 6.07) is 6.21. The van der Waals surface area contributed by atoms with Crippen molar-refractivity contribution in [3.8, 4) is 11.5 Å². The third-order valence-corrected chi connectivity index (χ3v) is 5.48. The van der Waals surface area contributed by atoms with E-state index in [1.807, 2.05) is 13.0 Å². The van der Waals surface area contributed by atoms with Crippen molar-refractivity contribution in [2.45, 2.75) is 51.7 Å². The van der Waals surface area contributed by atoms with Crippen LogP contribution in [0.4, 0.5) is 0 Å². The average molecular weight is 319 g/mol. The number of rotatable bonds is 5. The number of benzene rings is 1. The number of aliphatic hydroxyl groups is 1. The minimum atomic E-state index is -0.111. The van der Waals surface area contributed by atoms with Crippen LogP contribution in [0, 0.1) is 5.41 Å². The quantitative estimate of drug-likeness (QED) is 0.905. The summed E-state index contributed by atoms with van der Waals surface area (Å²) in [5, 5.41) is 10.4. The summed E-state index contributed by atoms with van der Waals surface area (Å²) >= 11 is 0. The molecule has 1 spiro atoms. The molecule has 1 saturated carbocycles. The Hall–Kier alpha value is -1.26. The van der Waals surface area contributed by atoms with Crippen LogP contribution in [0.2, 0.25) is 0 Å². The number of methoxy groups -OCH3 is 1. The Bertz CT molecular complexity index is 533. The highest BCUT2D eigenvalue weighted by Crippen LogP contribution is 2.45. The van der Waals surface area contributed by atoms with Crippen molar-refractivity contribution in [3.05, 3.63) is 23.8 Å². The molecule has 0 aromatic heterocycles. The minimum Gasteiger partial charge on any atom is -0.493 e. The molecule has 0 radical (unpaired) electrons. The van der Waals surface area contributed by atoms with E-state index in [0.717, 1.165) is 37.6 Å². The molecular formula is C19H29NO3. The Kier molecular flexibility index (Phi) is 5.12. The van der Waals surface area contributed by atoms with Crippen LogP contribution in [-0.4, -0.2) is 42.9 Å². The van der Waals surface area contributed by atoms with Gasteiger partial charge in [0.15, 0.2) is 11.5 Å². The zero-order chi connectivity index (χ0) is 16.3. The molecule has 0 amide bonds. The predicted octanol–water partition coefficient (Wildman–Crippen LogP) is 3.22. The van der Waals surface area contributed by atoms with Gasteiger partial charge in [-0.25, -0.2) is 0 Å². The Labute approximate surface area is 139 Å². The Balaban J connectivity index is 1.69. The summed E-state index contributed by atoms with van der Waals surface area (Å²) in [4.78, 5) is 2.49. The maximum atomic E-state index is 10.4. The number of piperidine rings is 1. The molecule has 1 aromatic carbocycles. The van der Waals surface area contributed by atoms with Gasteiger partial charge in [0.1, 0.15) is 0 Å². The van der Waals surface area contributed by atoms with Crippen LogP contribution in [0.1, 0.15) is 44.6 Å². The van der Waals surface area contributed by atoms with Gasteiger partial charge in [0, 0.05) is 18.5 Å². The summed E-state index contributed by atoms with van der Waals surface area (Å²) in [6.45, 7) is 5.67. The largest absolute Gasteiger partial charge is 0.493 e. The molecule has 23 heavy (non-hydrogen) atoms. The van der Waals surface area contributed by atoms with Gasteiger partial charge in [-0.2, -0.15) is 0 Å². The second-order valence-corrected chi connectivity index (χ2v) is 7.00. The highest BCUT2D eigenvalue weighted by molar-refractivity contribution is 5.43. The standard InChI is InChI=1S/C19H29NO3/c1-3-23-16-8-7-15(12-17(16)22-2)13-20-11-5-10-19(14-20)9-4-6-18(19)21/h7-8,12,18,21H,3-6,9-11,13-14H2,1-2H3/t18-,19-/m1/s1. The Morgan fingerprint density at radius 3 is 2.78 bits per heavy atom. The van der Waals surface area contributed by atoms with E-state index in [2.05, 4.69) is 17.0 Å². The van der Waals surface area contributed by atoms with Gasteiger partial charge in [-0.1, -0.05) is 12.5 Å². The molecule has 1 aliphatic heterocycles. The maximum Gasteiger partial charge on any atom is 0.161 e. The maximum absolute atomic E-state index is 10.4. The Morgan fingerprint density at radius 1 is 1.26 bits per heavy atom. The lowest BCUT2D eigenvalue weighted by Crippen LogP contribution is -2.46. The first-order valence-electron chi connectivity index (χ1n) is 8.87. The molecule has 1 aliphatic carbocycles. The number of aliphatic hydroxyl groups excluding tert-OH is 1. The number of ether oxygens (including phenoxy) is 2. The highest BCUT2D eigenvalue weighted by atomic mass is 16.5. The summed E-state index contributed by atoms with van der Waals surface area (Å²) in [5.74, 6) is 1.61. The van der Waals surface area contributed by atoms with E-state index >= 15 is 0 Å². The van der Waals surface area contributed by atoms with Gasteiger partial charge in [-0.15, -0.1) is 0 Å². The molecule has 0 unspecified atom stereocenters. The van der Waals surface area contributed by atoms with E-state index in [-0.39, 0.29) is 11.5 Å². The molecule has 4 nitrogen and oxygen atoms in total. The van der Waals surface area contributed by atoms with Crippen molar-refractivity contribution in [3.63, 3.8) is 0 Å². The SMILES string of the molecule is CCOc1ccc(CN2CCC[C@]3(CCC[C@H]3O)C2)cc1OC. The average Bonchev–Trinajstić information content (AvgIpc) is 2.89. The highest BCUT2D eigenvalue weighted by Gasteiger charge is 2.44. The first-order chi connectivity index (χ1) is 11.2. The summed E-state index contributed by atoms with van der Waals surface area (Å²) in [7, 11) is 1.69. The van der Waals surface area contributed by atoms with Gasteiger partial charge >= 0.3 is 0 Å². The van der Waals surface area contributed by atoms with E-state index in [4.69, 9.17) is 9.47 Å². The smallest absolute Gasteiger partial charge is 0.161 e. The topological polar surface area (TPSA) is 41.9 Å². The molecule has 2 atom stereocenters. The lowest BCUT2D eigenvalue weighted by Gasteiger charge is -2.42. The number of likely N-dealkylation sites (tertiary alicyclic amines) is 1. The van der Waals surface area contributed by atoms with Crippen molar-refractivity contribution < 1.29 is 14.6 Å². The molecule has 2 fully saturated rings. The van der Waals surface area contributed by atoms with Gasteiger partial charge in [-0.05, 0) is 56.8 Å². The fourth-order valence-electron chi connectivity index (χ4n) is 4.33. The number of hydrogen-bond donors (Lipinski definition) is 1. The molecule has 3 rings (SSSR count). The second-order valence-electron chi connectivity index (χ2n) is 7.00. The first kappa shape index (κ1) is 16.6. The van der Waals surface area contributed by atoms with Gasteiger partial charge in [0.2, 0.25) is 0 Å². The first-order valence-corrected chi connectivity index (χ1v) is 8.87. The minimum absolute atomic E-state index is 0.111.